The molecule has 170 valence electrons. The minimum atomic E-state index is 0.525. The van der Waals surface area contributed by atoms with Gasteiger partial charge < -0.3 is 15.6 Å². The van der Waals surface area contributed by atoms with Crippen molar-refractivity contribution in [1.29, 1.82) is 0 Å². The van der Waals surface area contributed by atoms with Gasteiger partial charge in [-0.2, -0.15) is 0 Å². The highest BCUT2D eigenvalue weighted by atomic mass is 15.2. The number of hydrogen-bond donors (Lipinski definition) is 3. The molecule has 6 heteroatoms. The van der Waals surface area contributed by atoms with Gasteiger partial charge in [-0.05, 0) is 92.4 Å². The molecule has 4 aromatic rings. The standard InChI is InChI=1S/C27H32N6/c1-2-7-23-19(4-1)8-10-27(23)32-25-12-13-28-15-21(25)6-3-5-20-16-29-26-11-9-22(14-24(20)26)33-17-30-31-18-33/h1-2,4,7,9,11,14,16-18,21,25,27-29,32H,3,5-6,8,10,12-13,15H2/t21?,25-,27+/m0/s1. The van der Waals surface area contributed by atoms with Gasteiger partial charge in [0.15, 0.2) is 0 Å². The first-order valence-corrected chi connectivity index (χ1v) is 12.3. The Morgan fingerprint density at radius 1 is 1.06 bits per heavy atom. The smallest absolute Gasteiger partial charge is 0.123 e. The van der Waals surface area contributed by atoms with Crippen molar-refractivity contribution in [2.75, 3.05) is 13.1 Å². The van der Waals surface area contributed by atoms with Gasteiger partial charge >= 0.3 is 0 Å². The van der Waals surface area contributed by atoms with Crippen LogP contribution in [0.5, 0.6) is 0 Å². The highest BCUT2D eigenvalue weighted by molar-refractivity contribution is 5.85. The van der Waals surface area contributed by atoms with Crippen LogP contribution in [0.15, 0.2) is 61.3 Å². The molecule has 1 fully saturated rings. The molecule has 0 bridgehead atoms. The van der Waals surface area contributed by atoms with Crippen LogP contribution in [0.4, 0.5) is 0 Å². The third kappa shape index (κ3) is 4.21. The second kappa shape index (κ2) is 9.12. The van der Waals surface area contributed by atoms with Crippen molar-refractivity contribution < 1.29 is 0 Å². The largest absolute Gasteiger partial charge is 0.361 e. The van der Waals surface area contributed by atoms with E-state index in [0.29, 0.717) is 18.0 Å². The fraction of sp³-hybridized carbons (Fsp3) is 0.407. The van der Waals surface area contributed by atoms with Gasteiger partial charge in [-0.3, -0.25) is 4.57 Å². The number of nitrogens with zero attached hydrogens (tertiary/aromatic N) is 3. The van der Waals surface area contributed by atoms with E-state index in [2.05, 4.69) is 74.5 Å². The number of aromatic nitrogens is 4. The summed E-state index contributed by atoms with van der Waals surface area (Å²) in [7, 11) is 0. The van der Waals surface area contributed by atoms with Crippen LogP contribution in [0, 0.1) is 5.92 Å². The van der Waals surface area contributed by atoms with Crippen LogP contribution in [0.1, 0.15) is 48.4 Å². The third-order valence-electron chi connectivity index (χ3n) is 7.64. The zero-order valence-electron chi connectivity index (χ0n) is 19.0. The number of H-pyrrole nitrogens is 1. The summed E-state index contributed by atoms with van der Waals surface area (Å²) in [6, 6.07) is 16.6. The first-order chi connectivity index (χ1) is 16.3. The van der Waals surface area contributed by atoms with Crippen LogP contribution in [-0.2, 0) is 12.8 Å². The molecule has 3 atom stereocenters. The minimum Gasteiger partial charge on any atom is -0.361 e. The van der Waals surface area contributed by atoms with Crippen molar-refractivity contribution >= 4 is 10.9 Å². The van der Waals surface area contributed by atoms with Gasteiger partial charge in [0.2, 0.25) is 0 Å². The van der Waals surface area contributed by atoms with Gasteiger partial charge in [-0.1, -0.05) is 24.3 Å². The number of piperidine rings is 1. The molecule has 6 nitrogen and oxygen atoms in total. The van der Waals surface area contributed by atoms with Crippen molar-refractivity contribution in [3.05, 3.63) is 78.0 Å². The van der Waals surface area contributed by atoms with Crippen molar-refractivity contribution in [2.24, 2.45) is 5.92 Å². The van der Waals surface area contributed by atoms with Gasteiger partial charge in [-0.15, -0.1) is 10.2 Å². The molecule has 3 heterocycles. The first-order valence-electron chi connectivity index (χ1n) is 12.3. The average molecular weight is 441 g/mol. The zero-order valence-corrected chi connectivity index (χ0v) is 19.0. The maximum Gasteiger partial charge on any atom is 0.123 e. The zero-order chi connectivity index (χ0) is 22.0. The molecule has 0 radical (unpaired) electrons. The molecule has 6 rings (SSSR count). The Kier molecular flexibility index (Phi) is 5.70. The van der Waals surface area contributed by atoms with Crippen molar-refractivity contribution in [1.82, 2.24) is 30.4 Å². The summed E-state index contributed by atoms with van der Waals surface area (Å²) in [4.78, 5) is 3.45. The molecule has 2 aliphatic rings. The maximum absolute atomic E-state index is 4.06. The number of aryl methyl sites for hydroxylation is 2. The van der Waals surface area contributed by atoms with E-state index in [0.717, 1.165) is 25.2 Å². The van der Waals surface area contributed by atoms with Crippen LogP contribution in [0.2, 0.25) is 0 Å². The van der Waals surface area contributed by atoms with E-state index in [1.807, 2.05) is 4.57 Å². The van der Waals surface area contributed by atoms with E-state index in [1.165, 1.54) is 59.7 Å². The Morgan fingerprint density at radius 2 is 1.97 bits per heavy atom. The van der Waals surface area contributed by atoms with E-state index >= 15 is 0 Å². The number of benzene rings is 2. The van der Waals surface area contributed by atoms with Crippen LogP contribution < -0.4 is 10.6 Å². The molecule has 3 N–H and O–H groups in total. The number of fused-ring (bicyclic) bond motifs is 2. The summed E-state index contributed by atoms with van der Waals surface area (Å²) in [5.41, 5.74) is 6.76. The number of hydrogen-bond acceptors (Lipinski definition) is 4. The monoisotopic (exact) mass is 440 g/mol. The number of aromatic amines is 1. The van der Waals surface area contributed by atoms with E-state index < -0.39 is 0 Å². The first kappa shape index (κ1) is 20.6. The molecule has 2 aromatic carbocycles. The van der Waals surface area contributed by atoms with Crippen molar-refractivity contribution in [3.63, 3.8) is 0 Å². The molecule has 1 aliphatic heterocycles. The van der Waals surface area contributed by atoms with Crippen LogP contribution in [-0.4, -0.2) is 38.9 Å². The summed E-state index contributed by atoms with van der Waals surface area (Å²) in [5, 5.41) is 16.9. The second-order valence-corrected chi connectivity index (χ2v) is 9.62. The van der Waals surface area contributed by atoms with E-state index in [-0.39, 0.29) is 0 Å². The SMILES string of the molecule is c1ccc2c(c1)CC[C@H]2N[C@H]1CCNCC1CCCc1c[nH]c2ccc(-n3cnnc3)cc12. The topological polar surface area (TPSA) is 70.6 Å². The highest BCUT2D eigenvalue weighted by Gasteiger charge is 2.30. The summed E-state index contributed by atoms with van der Waals surface area (Å²) in [5.74, 6) is 0.685. The lowest BCUT2D eigenvalue weighted by molar-refractivity contribution is 0.241. The van der Waals surface area contributed by atoms with Gasteiger partial charge in [0.05, 0.1) is 0 Å². The van der Waals surface area contributed by atoms with Crippen LogP contribution in [0.25, 0.3) is 16.6 Å². The van der Waals surface area contributed by atoms with Gasteiger partial charge in [0, 0.05) is 34.9 Å². The van der Waals surface area contributed by atoms with Crippen LogP contribution >= 0.6 is 0 Å². The number of rotatable bonds is 7. The van der Waals surface area contributed by atoms with Crippen molar-refractivity contribution in [3.8, 4) is 5.69 Å². The lowest BCUT2D eigenvalue weighted by Crippen LogP contribution is -2.48. The predicted octanol–water partition coefficient (Wildman–Crippen LogP) is 4.33. The number of nitrogens with one attached hydrogen (secondary N) is 3. The summed E-state index contributed by atoms with van der Waals surface area (Å²) < 4.78 is 1.96. The normalized spacial score (nSPS) is 22.6. The van der Waals surface area contributed by atoms with Gasteiger partial charge in [-0.25, -0.2) is 0 Å². The molecule has 0 saturated carbocycles. The van der Waals surface area contributed by atoms with Crippen LogP contribution in [0.3, 0.4) is 0 Å². The Balaban J connectivity index is 1.11. The average Bonchev–Trinajstić information content (AvgIpc) is 3.61. The summed E-state index contributed by atoms with van der Waals surface area (Å²) in [6.45, 7) is 2.24. The summed E-state index contributed by atoms with van der Waals surface area (Å²) in [6.07, 6.45) is 12.9. The molecular formula is C27H32N6. The van der Waals surface area contributed by atoms with Crippen molar-refractivity contribution in [2.45, 2.75) is 50.6 Å². The minimum absolute atomic E-state index is 0.525. The van der Waals surface area contributed by atoms with E-state index in [9.17, 15) is 0 Å². The third-order valence-corrected chi connectivity index (χ3v) is 7.64. The molecule has 1 saturated heterocycles. The predicted molar refractivity (Wildman–Crippen MR) is 132 cm³/mol. The molecule has 33 heavy (non-hydrogen) atoms. The fourth-order valence-electron chi connectivity index (χ4n) is 5.86. The molecule has 0 spiro atoms. The Morgan fingerprint density at radius 3 is 2.91 bits per heavy atom. The highest BCUT2D eigenvalue weighted by Crippen LogP contribution is 2.33. The fourth-order valence-corrected chi connectivity index (χ4v) is 5.86. The molecular weight excluding hydrogens is 408 g/mol. The Hall–Kier alpha value is -2.96. The maximum atomic E-state index is 4.06. The van der Waals surface area contributed by atoms with E-state index in [4.69, 9.17) is 0 Å². The lowest BCUT2D eigenvalue weighted by atomic mass is 9.87. The van der Waals surface area contributed by atoms with E-state index in [1.54, 1.807) is 12.7 Å². The molecule has 2 aromatic heterocycles. The van der Waals surface area contributed by atoms with Gasteiger partial charge in [0.1, 0.15) is 12.7 Å². The Labute approximate surface area is 194 Å². The second-order valence-electron chi connectivity index (χ2n) is 9.62. The quantitative estimate of drug-likeness (QED) is 0.400. The molecule has 0 amide bonds. The lowest BCUT2D eigenvalue weighted by Gasteiger charge is -2.35. The Bertz CT molecular complexity index is 1210. The van der Waals surface area contributed by atoms with Gasteiger partial charge in [0.25, 0.3) is 0 Å². The summed E-state index contributed by atoms with van der Waals surface area (Å²) >= 11 is 0. The molecule has 1 unspecified atom stereocenters. The molecule has 1 aliphatic carbocycles.